The molecule has 2 N–H and O–H groups in total. The van der Waals surface area contributed by atoms with Gasteiger partial charge in [-0.15, -0.1) is 0 Å². The van der Waals surface area contributed by atoms with Gasteiger partial charge in [0.2, 0.25) is 0 Å². The fraction of sp³-hybridized carbons (Fsp3) is 0.647. The molecular formula is C17H26N2O. The Hall–Kier alpha value is -0.900. The molecule has 1 aromatic carbocycles. The minimum Gasteiger partial charge on any atom is -0.393 e. The second kappa shape index (κ2) is 6.25. The largest absolute Gasteiger partial charge is 0.393 e. The summed E-state index contributed by atoms with van der Waals surface area (Å²) in [4.78, 5) is 2.65. The molecule has 0 aromatic heterocycles. The number of nitrogens with zero attached hydrogens (tertiary/aromatic N) is 1. The van der Waals surface area contributed by atoms with Gasteiger partial charge in [0.1, 0.15) is 0 Å². The Bertz CT molecular complexity index is 408. The van der Waals surface area contributed by atoms with Gasteiger partial charge in [0.05, 0.1) is 6.10 Å². The van der Waals surface area contributed by atoms with Gasteiger partial charge in [-0.3, -0.25) is 4.90 Å². The third kappa shape index (κ3) is 2.90. The topological polar surface area (TPSA) is 35.5 Å². The van der Waals surface area contributed by atoms with Crippen LogP contribution < -0.4 is 5.32 Å². The molecule has 3 heteroatoms. The van der Waals surface area contributed by atoms with Crippen LogP contribution in [0.15, 0.2) is 30.3 Å². The first-order chi connectivity index (χ1) is 9.78. The van der Waals surface area contributed by atoms with Crippen molar-refractivity contribution >= 4 is 0 Å². The summed E-state index contributed by atoms with van der Waals surface area (Å²) in [6, 6.07) is 12.4. The summed E-state index contributed by atoms with van der Waals surface area (Å²) >= 11 is 0. The lowest BCUT2D eigenvalue weighted by atomic mass is 9.98. The Morgan fingerprint density at radius 2 is 1.85 bits per heavy atom. The van der Waals surface area contributed by atoms with Crippen molar-refractivity contribution in [1.82, 2.24) is 10.2 Å². The Morgan fingerprint density at radius 3 is 2.45 bits per heavy atom. The number of hydrogen-bond acceptors (Lipinski definition) is 3. The summed E-state index contributed by atoms with van der Waals surface area (Å²) in [5.74, 6) is 0. The van der Waals surface area contributed by atoms with Crippen molar-refractivity contribution in [3.63, 3.8) is 0 Å². The second-order valence-corrected chi connectivity index (χ2v) is 6.29. The Balaban J connectivity index is 1.59. The molecule has 20 heavy (non-hydrogen) atoms. The fourth-order valence-electron chi connectivity index (χ4n) is 4.05. The number of aliphatic hydroxyl groups is 1. The van der Waals surface area contributed by atoms with Crippen LogP contribution in [0.3, 0.4) is 0 Å². The molecule has 0 radical (unpaired) electrons. The summed E-state index contributed by atoms with van der Waals surface area (Å²) in [5.41, 5.74) is 1.37. The zero-order valence-corrected chi connectivity index (χ0v) is 12.3. The van der Waals surface area contributed by atoms with Gasteiger partial charge in [0, 0.05) is 24.7 Å². The highest BCUT2D eigenvalue weighted by Crippen LogP contribution is 2.36. The third-order valence-corrected chi connectivity index (χ3v) is 5.09. The van der Waals surface area contributed by atoms with E-state index in [0.717, 1.165) is 25.8 Å². The van der Waals surface area contributed by atoms with E-state index >= 15 is 0 Å². The fourth-order valence-corrected chi connectivity index (χ4v) is 4.05. The van der Waals surface area contributed by atoms with E-state index < -0.39 is 0 Å². The van der Waals surface area contributed by atoms with Crippen LogP contribution in [-0.4, -0.2) is 41.8 Å². The van der Waals surface area contributed by atoms with Gasteiger partial charge in [-0.2, -0.15) is 0 Å². The molecule has 1 aromatic rings. The summed E-state index contributed by atoms with van der Waals surface area (Å²) in [5, 5.41) is 13.3. The van der Waals surface area contributed by atoms with E-state index in [1.54, 1.807) is 0 Å². The maximum absolute atomic E-state index is 9.87. The number of benzene rings is 1. The Kier molecular flexibility index (Phi) is 4.39. The van der Waals surface area contributed by atoms with E-state index in [2.05, 4.69) is 40.5 Å². The van der Waals surface area contributed by atoms with Gasteiger partial charge >= 0.3 is 0 Å². The summed E-state index contributed by atoms with van der Waals surface area (Å²) in [6.45, 7) is 1.14. The normalized spacial score (nSPS) is 31.4. The molecule has 2 aliphatic rings. The molecule has 2 heterocycles. The maximum Gasteiger partial charge on any atom is 0.0570 e. The zero-order chi connectivity index (χ0) is 13.9. The summed E-state index contributed by atoms with van der Waals surface area (Å²) in [7, 11) is 2.05. The van der Waals surface area contributed by atoms with Gasteiger partial charge < -0.3 is 10.4 Å². The highest BCUT2D eigenvalue weighted by atomic mass is 16.3. The van der Waals surface area contributed by atoms with Crippen molar-refractivity contribution in [3.05, 3.63) is 35.9 Å². The number of rotatable bonds is 5. The van der Waals surface area contributed by atoms with E-state index in [4.69, 9.17) is 0 Å². The maximum atomic E-state index is 9.87. The Labute approximate surface area is 122 Å². The van der Waals surface area contributed by atoms with Crippen LogP contribution in [0.2, 0.25) is 0 Å². The molecule has 0 amide bonds. The van der Waals surface area contributed by atoms with Crippen molar-refractivity contribution < 1.29 is 5.11 Å². The SMILES string of the molecule is CNC(CCN1C2CCC1CC(O)C2)c1ccccc1. The number of piperidine rings is 1. The molecule has 3 unspecified atom stereocenters. The van der Waals surface area contributed by atoms with E-state index in [9.17, 15) is 5.11 Å². The van der Waals surface area contributed by atoms with Gasteiger partial charge in [-0.05, 0) is 44.7 Å². The number of fused-ring (bicyclic) bond motifs is 2. The highest BCUT2D eigenvalue weighted by molar-refractivity contribution is 5.18. The molecule has 2 fully saturated rings. The van der Waals surface area contributed by atoms with Crippen LogP contribution in [0.25, 0.3) is 0 Å². The van der Waals surface area contributed by atoms with Crippen molar-refractivity contribution in [2.75, 3.05) is 13.6 Å². The molecule has 2 bridgehead atoms. The van der Waals surface area contributed by atoms with Crippen LogP contribution >= 0.6 is 0 Å². The van der Waals surface area contributed by atoms with E-state index in [1.165, 1.54) is 18.4 Å². The molecule has 110 valence electrons. The molecular weight excluding hydrogens is 248 g/mol. The number of hydrogen-bond donors (Lipinski definition) is 2. The average Bonchev–Trinajstić information content (AvgIpc) is 2.72. The molecule has 2 aliphatic heterocycles. The lowest BCUT2D eigenvalue weighted by Gasteiger charge is -2.37. The first kappa shape index (κ1) is 14.1. The predicted molar refractivity (Wildman–Crippen MR) is 81.6 cm³/mol. The van der Waals surface area contributed by atoms with Crippen LogP contribution in [0.4, 0.5) is 0 Å². The monoisotopic (exact) mass is 274 g/mol. The van der Waals surface area contributed by atoms with Crippen molar-refractivity contribution in [2.45, 2.75) is 56.3 Å². The average molecular weight is 274 g/mol. The summed E-state index contributed by atoms with van der Waals surface area (Å²) < 4.78 is 0. The van der Waals surface area contributed by atoms with Crippen molar-refractivity contribution in [1.29, 1.82) is 0 Å². The van der Waals surface area contributed by atoms with Crippen LogP contribution in [-0.2, 0) is 0 Å². The molecule has 3 atom stereocenters. The molecule has 2 saturated heterocycles. The molecule has 3 nitrogen and oxygen atoms in total. The smallest absolute Gasteiger partial charge is 0.0570 e. The van der Waals surface area contributed by atoms with Gasteiger partial charge in [-0.25, -0.2) is 0 Å². The van der Waals surface area contributed by atoms with E-state index in [-0.39, 0.29) is 6.10 Å². The standard InChI is InChI=1S/C17H26N2O/c1-18-17(13-5-3-2-4-6-13)9-10-19-14-7-8-15(19)12-16(20)11-14/h2-6,14-18,20H,7-12H2,1H3. The van der Waals surface area contributed by atoms with E-state index in [0.29, 0.717) is 18.1 Å². The molecule has 0 aliphatic carbocycles. The third-order valence-electron chi connectivity index (χ3n) is 5.09. The van der Waals surface area contributed by atoms with Crippen molar-refractivity contribution in [3.8, 4) is 0 Å². The zero-order valence-electron chi connectivity index (χ0n) is 12.3. The first-order valence-corrected chi connectivity index (χ1v) is 7.94. The van der Waals surface area contributed by atoms with Crippen LogP contribution in [0.5, 0.6) is 0 Å². The minimum absolute atomic E-state index is 0.0574. The molecule has 0 saturated carbocycles. The minimum atomic E-state index is -0.0574. The molecule has 0 spiro atoms. The highest BCUT2D eigenvalue weighted by Gasteiger charge is 2.39. The summed E-state index contributed by atoms with van der Waals surface area (Å²) in [6.07, 6.45) is 5.59. The lowest BCUT2D eigenvalue weighted by Crippen LogP contribution is -2.45. The Morgan fingerprint density at radius 1 is 1.20 bits per heavy atom. The lowest BCUT2D eigenvalue weighted by molar-refractivity contribution is 0.0336. The van der Waals surface area contributed by atoms with Gasteiger partial charge in [0.25, 0.3) is 0 Å². The van der Waals surface area contributed by atoms with Crippen LogP contribution in [0.1, 0.15) is 43.7 Å². The van der Waals surface area contributed by atoms with E-state index in [1.807, 2.05) is 7.05 Å². The first-order valence-electron chi connectivity index (χ1n) is 7.94. The van der Waals surface area contributed by atoms with Gasteiger partial charge in [0.15, 0.2) is 0 Å². The quantitative estimate of drug-likeness (QED) is 0.865. The number of nitrogens with one attached hydrogen (secondary N) is 1. The van der Waals surface area contributed by atoms with Crippen LogP contribution in [0, 0.1) is 0 Å². The second-order valence-electron chi connectivity index (χ2n) is 6.29. The van der Waals surface area contributed by atoms with Crippen molar-refractivity contribution in [2.24, 2.45) is 0 Å². The predicted octanol–water partition coefficient (Wildman–Crippen LogP) is 2.32. The number of aliphatic hydroxyl groups excluding tert-OH is 1. The molecule has 3 rings (SSSR count). The van der Waals surface area contributed by atoms with Gasteiger partial charge in [-0.1, -0.05) is 30.3 Å².